The van der Waals surface area contributed by atoms with Crippen molar-refractivity contribution in [3.63, 3.8) is 0 Å². The molecule has 0 atom stereocenters. The first-order chi connectivity index (χ1) is 7.78. The number of nitrogens with zero attached hydrogens (tertiary/aromatic N) is 2. The third-order valence-electron chi connectivity index (χ3n) is 1.81. The first-order valence-electron chi connectivity index (χ1n) is 4.48. The Morgan fingerprint density at radius 1 is 1.12 bits per heavy atom. The summed E-state index contributed by atoms with van der Waals surface area (Å²) >= 11 is 7.19. The Balaban J connectivity index is 2.14. The second kappa shape index (κ2) is 5.09. The minimum atomic E-state index is 0.473. The molecule has 2 rings (SSSR count). The van der Waals surface area contributed by atoms with Crippen molar-refractivity contribution >= 4 is 29.6 Å². The topological polar surface area (TPSA) is 42.9 Å². The molecule has 80 valence electrons. The zero-order valence-corrected chi connectivity index (χ0v) is 9.70. The lowest BCUT2D eigenvalue weighted by Gasteiger charge is -1.99. The predicted octanol–water partition coefficient (Wildman–Crippen LogP) is 3.09. The Kier molecular flexibility index (Phi) is 3.54. The van der Waals surface area contributed by atoms with Crippen molar-refractivity contribution in [2.75, 3.05) is 0 Å². The van der Waals surface area contributed by atoms with Crippen LogP contribution in [0.15, 0.2) is 46.7 Å². The van der Waals surface area contributed by atoms with Crippen LogP contribution in [0.4, 0.5) is 0 Å². The minimum Gasteiger partial charge on any atom is -0.298 e. The molecule has 2 aromatic rings. The van der Waals surface area contributed by atoms with E-state index in [9.17, 15) is 4.79 Å². The Labute approximate surface area is 102 Å². The summed E-state index contributed by atoms with van der Waals surface area (Å²) < 4.78 is 0. The number of rotatable bonds is 3. The van der Waals surface area contributed by atoms with E-state index in [1.165, 1.54) is 24.2 Å². The molecule has 5 heteroatoms. The Bertz CT molecular complexity index is 484. The quantitative estimate of drug-likeness (QED) is 0.620. The highest BCUT2D eigenvalue weighted by atomic mass is 35.5. The number of carbonyl (C=O) groups excluding carboxylic acids is 1. The van der Waals surface area contributed by atoms with E-state index in [0.29, 0.717) is 15.7 Å². The van der Waals surface area contributed by atoms with Crippen molar-refractivity contribution in [2.24, 2.45) is 0 Å². The number of halogens is 1. The van der Waals surface area contributed by atoms with Gasteiger partial charge in [0.25, 0.3) is 0 Å². The first kappa shape index (κ1) is 11.1. The fourth-order valence-corrected chi connectivity index (χ4v) is 1.87. The molecule has 0 spiro atoms. The number of carbonyl (C=O) groups is 1. The summed E-state index contributed by atoms with van der Waals surface area (Å²) in [6, 6.07) is 7.40. The van der Waals surface area contributed by atoms with E-state index < -0.39 is 0 Å². The summed E-state index contributed by atoms with van der Waals surface area (Å²) in [7, 11) is 0. The van der Waals surface area contributed by atoms with Crippen molar-refractivity contribution in [2.45, 2.75) is 10.1 Å². The average Bonchev–Trinajstić information content (AvgIpc) is 2.33. The van der Waals surface area contributed by atoms with Gasteiger partial charge in [0.1, 0.15) is 0 Å². The molecule has 0 unspecified atom stereocenters. The van der Waals surface area contributed by atoms with E-state index in [4.69, 9.17) is 11.6 Å². The number of hydrogen-bond acceptors (Lipinski definition) is 4. The van der Waals surface area contributed by atoms with Crippen LogP contribution in [0.5, 0.6) is 0 Å². The zero-order chi connectivity index (χ0) is 11.4. The van der Waals surface area contributed by atoms with Gasteiger partial charge in [-0.25, -0.2) is 9.97 Å². The van der Waals surface area contributed by atoms with E-state index in [-0.39, 0.29) is 0 Å². The smallest absolute Gasteiger partial charge is 0.192 e. The van der Waals surface area contributed by atoms with E-state index in [1.54, 1.807) is 0 Å². The highest BCUT2D eigenvalue weighted by molar-refractivity contribution is 7.99. The highest BCUT2D eigenvalue weighted by Crippen LogP contribution is 2.25. The van der Waals surface area contributed by atoms with Crippen LogP contribution in [0.3, 0.4) is 0 Å². The molecule has 1 aromatic heterocycles. The van der Waals surface area contributed by atoms with E-state index in [1.807, 2.05) is 24.3 Å². The average molecular weight is 251 g/mol. The van der Waals surface area contributed by atoms with Crippen molar-refractivity contribution in [3.05, 3.63) is 47.2 Å². The maximum absolute atomic E-state index is 10.4. The van der Waals surface area contributed by atoms with Gasteiger partial charge in [-0.05, 0) is 36.0 Å². The molecular weight excluding hydrogens is 244 g/mol. The largest absolute Gasteiger partial charge is 0.298 e. The van der Waals surface area contributed by atoms with E-state index in [0.717, 1.165) is 11.2 Å². The maximum Gasteiger partial charge on any atom is 0.192 e. The maximum atomic E-state index is 10.4. The Morgan fingerprint density at radius 3 is 2.31 bits per heavy atom. The van der Waals surface area contributed by atoms with Crippen LogP contribution < -0.4 is 0 Å². The van der Waals surface area contributed by atoms with Crippen LogP contribution in [-0.4, -0.2) is 16.3 Å². The molecule has 0 aliphatic rings. The minimum absolute atomic E-state index is 0.473. The fraction of sp³-hybridized carbons (Fsp3) is 0. The summed E-state index contributed by atoms with van der Waals surface area (Å²) in [6.07, 6.45) is 3.72. The SMILES string of the molecule is O=Cc1cnc(Sc2ccc(Cl)cc2)nc1. The second-order valence-corrected chi connectivity index (χ2v) is 4.45. The summed E-state index contributed by atoms with van der Waals surface area (Å²) in [4.78, 5) is 19.5. The van der Waals surface area contributed by atoms with Gasteiger partial charge in [-0.1, -0.05) is 11.6 Å². The Morgan fingerprint density at radius 2 is 1.75 bits per heavy atom. The summed E-state index contributed by atoms with van der Waals surface area (Å²) in [5.41, 5.74) is 0.473. The monoisotopic (exact) mass is 250 g/mol. The van der Waals surface area contributed by atoms with Gasteiger partial charge < -0.3 is 0 Å². The molecule has 0 saturated carbocycles. The molecule has 0 aliphatic carbocycles. The molecule has 0 saturated heterocycles. The molecule has 0 aliphatic heterocycles. The lowest BCUT2D eigenvalue weighted by Crippen LogP contribution is -1.88. The van der Waals surface area contributed by atoms with Crippen LogP contribution in [0.1, 0.15) is 10.4 Å². The van der Waals surface area contributed by atoms with Gasteiger partial charge in [-0.15, -0.1) is 0 Å². The van der Waals surface area contributed by atoms with E-state index >= 15 is 0 Å². The third kappa shape index (κ3) is 2.81. The normalized spacial score (nSPS) is 10.1. The first-order valence-corrected chi connectivity index (χ1v) is 5.68. The molecule has 1 aromatic carbocycles. The molecule has 0 radical (unpaired) electrons. The fourth-order valence-electron chi connectivity index (χ4n) is 1.05. The molecule has 0 N–H and O–H groups in total. The number of benzene rings is 1. The lowest BCUT2D eigenvalue weighted by atomic mass is 10.4. The number of aldehydes is 1. The van der Waals surface area contributed by atoms with Crippen LogP contribution >= 0.6 is 23.4 Å². The van der Waals surface area contributed by atoms with Gasteiger partial charge in [0.05, 0.1) is 5.56 Å². The van der Waals surface area contributed by atoms with Crippen molar-refractivity contribution in [1.29, 1.82) is 0 Å². The Hall–Kier alpha value is -1.39. The molecule has 1 heterocycles. The molecule has 0 fully saturated rings. The van der Waals surface area contributed by atoms with Crippen LogP contribution in [0, 0.1) is 0 Å². The second-order valence-electron chi connectivity index (χ2n) is 2.97. The molecule has 16 heavy (non-hydrogen) atoms. The highest BCUT2D eigenvalue weighted by Gasteiger charge is 2.00. The predicted molar refractivity (Wildman–Crippen MR) is 63.0 cm³/mol. The summed E-state index contributed by atoms with van der Waals surface area (Å²) in [5, 5.41) is 1.30. The standard InChI is InChI=1S/C11H7ClN2OS/c12-9-1-3-10(4-2-9)16-11-13-5-8(7-15)6-14-11/h1-7H. The van der Waals surface area contributed by atoms with Gasteiger partial charge in [0.2, 0.25) is 0 Å². The van der Waals surface area contributed by atoms with Gasteiger partial charge in [-0.3, -0.25) is 4.79 Å². The van der Waals surface area contributed by atoms with Gasteiger partial charge >= 0.3 is 0 Å². The zero-order valence-electron chi connectivity index (χ0n) is 8.13. The van der Waals surface area contributed by atoms with Crippen LogP contribution in [0.25, 0.3) is 0 Å². The molecular formula is C11H7ClN2OS. The van der Waals surface area contributed by atoms with Crippen LogP contribution in [0.2, 0.25) is 5.02 Å². The van der Waals surface area contributed by atoms with Crippen molar-refractivity contribution in [1.82, 2.24) is 9.97 Å². The van der Waals surface area contributed by atoms with Crippen molar-refractivity contribution < 1.29 is 4.79 Å². The molecule has 0 bridgehead atoms. The summed E-state index contributed by atoms with van der Waals surface area (Å²) in [6.45, 7) is 0. The van der Waals surface area contributed by atoms with E-state index in [2.05, 4.69) is 9.97 Å². The van der Waals surface area contributed by atoms with Gasteiger partial charge in [0, 0.05) is 22.3 Å². The number of hydrogen-bond donors (Lipinski definition) is 0. The lowest BCUT2D eigenvalue weighted by molar-refractivity contribution is 0.112. The van der Waals surface area contributed by atoms with Crippen molar-refractivity contribution in [3.8, 4) is 0 Å². The van der Waals surface area contributed by atoms with Gasteiger partial charge in [-0.2, -0.15) is 0 Å². The third-order valence-corrected chi connectivity index (χ3v) is 2.96. The molecule has 0 amide bonds. The van der Waals surface area contributed by atoms with Gasteiger partial charge in [0.15, 0.2) is 11.4 Å². The number of aromatic nitrogens is 2. The van der Waals surface area contributed by atoms with Crippen LogP contribution in [-0.2, 0) is 0 Å². The summed E-state index contributed by atoms with van der Waals surface area (Å²) in [5.74, 6) is 0. The molecule has 3 nitrogen and oxygen atoms in total.